The number of likely N-dealkylation sites (tertiary alicyclic amines) is 1. The molecule has 36 heavy (non-hydrogen) atoms. The summed E-state index contributed by atoms with van der Waals surface area (Å²) in [6, 6.07) is 8.25. The molecule has 2 heterocycles. The standard InChI is InChI=1S/C28H34N4O4/c1-36-25-12-6-10-22-21(25)14-23(31-22)28(35)32-16-18-8-2-4-9-20(18)26(32)27(34)30-19(15-29)13-17-7-3-5-11-24(17)33/h6,10,12,14,17-20,26,31H,2-5,7-9,11,13,16H2,1H3,(H,30,34)/t17-,18-,19-,20-,26-/m0/s1. The third kappa shape index (κ3) is 4.59. The second-order valence-electron chi connectivity index (χ2n) is 10.6. The molecule has 3 aliphatic rings. The Morgan fingerprint density at radius 1 is 1.22 bits per heavy atom. The highest BCUT2D eigenvalue weighted by Crippen LogP contribution is 2.41. The fourth-order valence-electron chi connectivity index (χ4n) is 6.59. The summed E-state index contributed by atoms with van der Waals surface area (Å²) in [7, 11) is 1.60. The van der Waals surface area contributed by atoms with Crippen LogP contribution < -0.4 is 10.1 Å². The molecule has 1 saturated heterocycles. The number of ether oxygens (including phenoxy) is 1. The van der Waals surface area contributed by atoms with Gasteiger partial charge in [0, 0.05) is 29.8 Å². The number of Topliss-reactive ketones (excluding diaryl/α,β-unsaturated/α-hetero) is 1. The van der Waals surface area contributed by atoms with Crippen LogP contribution in [0.4, 0.5) is 0 Å². The molecule has 1 aromatic carbocycles. The summed E-state index contributed by atoms with van der Waals surface area (Å²) in [5.41, 5.74) is 1.23. The van der Waals surface area contributed by atoms with E-state index in [9.17, 15) is 19.6 Å². The van der Waals surface area contributed by atoms with Crippen LogP contribution in [-0.2, 0) is 9.59 Å². The average Bonchev–Trinajstić information content (AvgIpc) is 3.51. The number of amides is 2. The molecule has 0 radical (unpaired) electrons. The lowest BCUT2D eigenvalue weighted by molar-refractivity contribution is -0.128. The molecule has 1 aromatic heterocycles. The fourth-order valence-corrected chi connectivity index (χ4v) is 6.59. The number of hydrogen-bond acceptors (Lipinski definition) is 5. The Morgan fingerprint density at radius 2 is 2.03 bits per heavy atom. The van der Waals surface area contributed by atoms with Crippen molar-refractivity contribution in [2.75, 3.05) is 13.7 Å². The van der Waals surface area contributed by atoms with Gasteiger partial charge >= 0.3 is 0 Å². The number of benzene rings is 1. The lowest BCUT2D eigenvalue weighted by Crippen LogP contribution is -2.51. The summed E-state index contributed by atoms with van der Waals surface area (Å²) in [6.45, 7) is 0.534. The minimum atomic E-state index is -0.735. The zero-order valence-corrected chi connectivity index (χ0v) is 20.8. The highest BCUT2D eigenvalue weighted by atomic mass is 16.5. The number of nitrogens with zero attached hydrogens (tertiary/aromatic N) is 2. The minimum absolute atomic E-state index is 0.0808. The SMILES string of the molecule is COc1cccc2[nH]c(C(=O)N3C[C@@H]4CCCC[C@@H]4[C@H]3C(=O)N[C@H](C#N)C[C@@H]3CCCCC3=O)cc12. The van der Waals surface area contributed by atoms with E-state index in [4.69, 9.17) is 4.74 Å². The van der Waals surface area contributed by atoms with Crippen LogP contribution in [0.2, 0.25) is 0 Å². The molecular formula is C28H34N4O4. The number of rotatable bonds is 6. The monoisotopic (exact) mass is 490 g/mol. The predicted octanol–water partition coefficient (Wildman–Crippen LogP) is 3.97. The molecule has 5 atom stereocenters. The van der Waals surface area contributed by atoms with E-state index >= 15 is 0 Å². The number of aromatic amines is 1. The van der Waals surface area contributed by atoms with Crippen LogP contribution in [0, 0.1) is 29.1 Å². The second kappa shape index (κ2) is 10.3. The van der Waals surface area contributed by atoms with Gasteiger partial charge in [0.2, 0.25) is 5.91 Å². The van der Waals surface area contributed by atoms with Crippen molar-refractivity contribution in [2.45, 2.75) is 69.9 Å². The number of H-pyrrole nitrogens is 1. The van der Waals surface area contributed by atoms with Crippen LogP contribution in [0.1, 0.15) is 68.3 Å². The van der Waals surface area contributed by atoms with Crippen molar-refractivity contribution in [2.24, 2.45) is 17.8 Å². The van der Waals surface area contributed by atoms with Gasteiger partial charge in [-0.15, -0.1) is 0 Å². The third-order valence-electron chi connectivity index (χ3n) is 8.42. The van der Waals surface area contributed by atoms with Crippen molar-refractivity contribution in [3.63, 3.8) is 0 Å². The Bertz CT molecular complexity index is 1200. The molecule has 190 valence electrons. The number of methoxy groups -OCH3 is 1. The van der Waals surface area contributed by atoms with Gasteiger partial charge in [-0.2, -0.15) is 5.26 Å². The summed E-state index contributed by atoms with van der Waals surface area (Å²) in [4.78, 5) is 44.6. The van der Waals surface area contributed by atoms with Gasteiger partial charge in [0.25, 0.3) is 5.91 Å². The van der Waals surface area contributed by atoms with Crippen molar-refractivity contribution < 1.29 is 19.1 Å². The Balaban J connectivity index is 1.38. The van der Waals surface area contributed by atoms with Crippen LogP contribution >= 0.6 is 0 Å². The van der Waals surface area contributed by atoms with Crippen molar-refractivity contribution in [1.29, 1.82) is 5.26 Å². The highest BCUT2D eigenvalue weighted by Gasteiger charge is 2.49. The van der Waals surface area contributed by atoms with E-state index in [2.05, 4.69) is 16.4 Å². The van der Waals surface area contributed by atoms with Gasteiger partial charge in [0.05, 0.1) is 13.2 Å². The van der Waals surface area contributed by atoms with Crippen molar-refractivity contribution >= 4 is 28.5 Å². The van der Waals surface area contributed by atoms with Gasteiger partial charge in [-0.1, -0.05) is 25.3 Å². The molecule has 2 saturated carbocycles. The molecule has 3 fully saturated rings. The van der Waals surface area contributed by atoms with Crippen LogP contribution in [-0.4, -0.2) is 53.2 Å². The van der Waals surface area contributed by atoms with Gasteiger partial charge in [0.15, 0.2) is 0 Å². The van der Waals surface area contributed by atoms with Crippen LogP contribution in [0.3, 0.4) is 0 Å². The maximum Gasteiger partial charge on any atom is 0.271 e. The van der Waals surface area contributed by atoms with Gasteiger partial charge in [-0.05, 0) is 62.1 Å². The molecule has 2 N–H and O–H groups in total. The lowest BCUT2D eigenvalue weighted by Gasteiger charge is -2.30. The van der Waals surface area contributed by atoms with Gasteiger partial charge in [0.1, 0.15) is 29.3 Å². The maximum absolute atomic E-state index is 13.8. The van der Waals surface area contributed by atoms with Crippen LogP contribution in [0.15, 0.2) is 24.3 Å². The summed E-state index contributed by atoms with van der Waals surface area (Å²) in [5.74, 6) is 0.570. The Morgan fingerprint density at radius 3 is 2.81 bits per heavy atom. The Hall–Kier alpha value is -3.34. The Labute approximate surface area is 211 Å². The van der Waals surface area contributed by atoms with Crippen molar-refractivity contribution in [1.82, 2.24) is 15.2 Å². The summed E-state index contributed by atoms with van der Waals surface area (Å²) in [5, 5.41) is 13.5. The van der Waals surface area contributed by atoms with E-state index in [0.29, 0.717) is 30.8 Å². The third-order valence-corrected chi connectivity index (χ3v) is 8.42. The van der Waals surface area contributed by atoms with Crippen LogP contribution in [0.25, 0.3) is 10.9 Å². The minimum Gasteiger partial charge on any atom is -0.496 e. The predicted molar refractivity (Wildman–Crippen MR) is 134 cm³/mol. The normalized spacial score (nSPS) is 26.8. The number of carbonyl (C=O) groups is 3. The number of fused-ring (bicyclic) bond motifs is 2. The van der Waals surface area contributed by atoms with E-state index < -0.39 is 12.1 Å². The molecule has 0 bridgehead atoms. The number of hydrogen-bond donors (Lipinski definition) is 2. The molecule has 8 nitrogen and oxygen atoms in total. The quantitative estimate of drug-likeness (QED) is 0.636. The van der Waals surface area contributed by atoms with Gasteiger partial charge < -0.3 is 19.9 Å². The van der Waals surface area contributed by atoms with E-state index in [-0.39, 0.29) is 35.4 Å². The highest BCUT2D eigenvalue weighted by molar-refractivity contribution is 6.02. The van der Waals surface area contributed by atoms with Gasteiger partial charge in [-0.3, -0.25) is 14.4 Å². The summed E-state index contributed by atoms with van der Waals surface area (Å²) >= 11 is 0. The zero-order chi connectivity index (χ0) is 25.2. The Kier molecular flexibility index (Phi) is 6.99. The number of nitriles is 1. The average molecular weight is 491 g/mol. The first-order valence-electron chi connectivity index (χ1n) is 13.2. The molecule has 5 rings (SSSR count). The summed E-state index contributed by atoms with van der Waals surface area (Å²) in [6.07, 6.45) is 7.59. The molecule has 2 amide bonds. The van der Waals surface area contributed by atoms with E-state index in [1.54, 1.807) is 18.1 Å². The van der Waals surface area contributed by atoms with E-state index in [0.717, 1.165) is 55.8 Å². The number of carbonyl (C=O) groups excluding carboxylic acids is 3. The number of nitrogens with one attached hydrogen (secondary N) is 2. The molecule has 8 heteroatoms. The van der Waals surface area contributed by atoms with E-state index in [1.807, 2.05) is 18.2 Å². The van der Waals surface area contributed by atoms with Crippen molar-refractivity contribution in [3.05, 3.63) is 30.0 Å². The van der Waals surface area contributed by atoms with Crippen LogP contribution in [0.5, 0.6) is 5.75 Å². The smallest absolute Gasteiger partial charge is 0.271 e. The summed E-state index contributed by atoms with van der Waals surface area (Å²) < 4.78 is 5.44. The lowest BCUT2D eigenvalue weighted by atomic mass is 9.78. The molecule has 1 aliphatic heterocycles. The first kappa shape index (κ1) is 24.4. The molecular weight excluding hydrogens is 456 g/mol. The fraction of sp³-hybridized carbons (Fsp3) is 0.571. The zero-order valence-electron chi connectivity index (χ0n) is 20.8. The first-order valence-corrected chi connectivity index (χ1v) is 13.2. The second-order valence-corrected chi connectivity index (χ2v) is 10.6. The largest absolute Gasteiger partial charge is 0.496 e. The number of aromatic nitrogens is 1. The van der Waals surface area contributed by atoms with E-state index in [1.165, 1.54) is 0 Å². The number of ketones is 1. The topological polar surface area (TPSA) is 115 Å². The maximum atomic E-state index is 13.8. The van der Waals surface area contributed by atoms with Crippen molar-refractivity contribution in [3.8, 4) is 11.8 Å². The molecule has 2 aliphatic carbocycles. The first-order chi connectivity index (χ1) is 17.5. The molecule has 0 spiro atoms. The molecule has 2 aromatic rings. The van der Waals surface area contributed by atoms with Gasteiger partial charge in [-0.25, -0.2) is 0 Å². The molecule has 0 unspecified atom stereocenters.